The number of aromatic nitrogens is 4. The number of carbonyl (C=O) groups is 3. The minimum atomic E-state index is -0.635. The molecule has 2 fully saturated rings. The van der Waals surface area contributed by atoms with E-state index in [0.29, 0.717) is 53.4 Å². The number of nitriles is 1. The molecule has 4 heterocycles. The van der Waals surface area contributed by atoms with Gasteiger partial charge in [0.15, 0.2) is 11.6 Å². The number of imidazole rings is 2. The summed E-state index contributed by atoms with van der Waals surface area (Å²) in [7, 11) is 3.70. The van der Waals surface area contributed by atoms with Crippen LogP contribution in [0.5, 0.6) is 0 Å². The number of carbonyl (C=O) groups excluding carboxylic acids is 2. The summed E-state index contributed by atoms with van der Waals surface area (Å²) in [5, 5.41) is 32.8. The number of halogens is 1. The number of Topliss-reactive ketones (excluding diaryl/α,β-unsaturated/α-hetero) is 1. The van der Waals surface area contributed by atoms with Crippen molar-refractivity contribution in [1.29, 1.82) is 5.26 Å². The highest BCUT2D eigenvalue weighted by Gasteiger charge is 2.57. The van der Waals surface area contributed by atoms with Crippen molar-refractivity contribution < 1.29 is 24.6 Å². The van der Waals surface area contributed by atoms with Crippen LogP contribution in [0.25, 0.3) is 11.1 Å². The van der Waals surface area contributed by atoms with E-state index in [-0.39, 0.29) is 35.1 Å². The first-order valence-corrected chi connectivity index (χ1v) is 19.9. The zero-order valence-electron chi connectivity index (χ0n) is 31.9. The Balaban J connectivity index is 0.959. The van der Waals surface area contributed by atoms with E-state index in [9.17, 15) is 29.9 Å². The minimum absolute atomic E-state index is 0.0254. The highest BCUT2D eigenvalue weighted by atomic mass is 35.5. The summed E-state index contributed by atoms with van der Waals surface area (Å²) in [5.74, 6) is -0.612. The van der Waals surface area contributed by atoms with Crippen molar-refractivity contribution in [2.75, 3.05) is 38.1 Å². The van der Waals surface area contributed by atoms with Crippen LogP contribution in [-0.4, -0.2) is 89.6 Å². The molecule has 14 heteroatoms. The predicted octanol–water partition coefficient (Wildman–Crippen LogP) is 5.16. The molecule has 4 aromatic rings. The normalized spacial score (nSPS) is 21.8. The lowest BCUT2D eigenvalue weighted by molar-refractivity contribution is -0.148. The molecule has 1 amide bonds. The summed E-state index contributed by atoms with van der Waals surface area (Å²) < 4.78 is 3.70. The Kier molecular flexibility index (Phi) is 10.1. The molecule has 0 atom stereocenters. The number of aliphatic hydroxyl groups excluding tert-OH is 1. The van der Waals surface area contributed by atoms with Crippen LogP contribution < -0.4 is 5.32 Å². The number of nitrogens with zero attached hydrogens (tertiary/aromatic N) is 7. The number of hydrogen-bond donors (Lipinski definition) is 3. The number of hydrogen-bond acceptors (Lipinski definition) is 9. The number of rotatable bonds is 12. The molecule has 4 aliphatic rings. The molecule has 2 bridgehead atoms. The van der Waals surface area contributed by atoms with Crippen molar-refractivity contribution in [3.8, 4) is 17.2 Å². The molecule has 0 radical (unpaired) electrons. The molecular weight excluding hydrogens is 732 g/mol. The van der Waals surface area contributed by atoms with Crippen molar-refractivity contribution in [2.24, 2.45) is 24.9 Å². The molecule has 2 aromatic heterocycles. The average molecular weight is 779 g/mol. The fourth-order valence-corrected chi connectivity index (χ4v) is 10.1. The Morgan fingerprint density at radius 2 is 1.52 bits per heavy atom. The Hall–Kier alpha value is -4.87. The number of carboxylic acids is 1. The van der Waals surface area contributed by atoms with E-state index < -0.39 is 17.3 Å². The number of nitrogens with one attached hydrogen (secondary N) is 1. The van der Waals surface area contributed by atoms with Crippen LogP contribution in [0, 0.1) is 22.2 Å². The van der Waals surface area contributed by atoms with Crippen LogP contribution in [0.4, 0.5) is 5.69 Å². The highest BCUT2D eigenvalue weighted by Crippen LogP contribution is 2.63. The van der Waals surface area contributed by atoms with Gasteiger partial charge in [-0.25, -0.2) is 9.97 Å². The van der Waals surface area contributed by atoms with Gasteiger partial charge in [-0.05, 0) is 62.1 Å². The lowest BCUT2D eigenvalue weighted by atomic mass is 9.80. The van der Waals surface area contributed by atoms with Gasteiger partial charge in [0.05, 0.1) is 39.7 Å². The molecule has 2 aromatic carbocycles. The van der Waals surface area contributed by atoms with Crippen LogP contribution in [-0.2, 0) is 51.2 Å². The van der Waals surface area contributed by atoms with Gasteiger partial charge in [-0.2, -0.15) is 5.26 Å². The first-order chi connectivity index (χ1) is 26.9. The van der Waals surface area contributed by atoms with Crippen molar-refractivity contribution in [3.63, 3.8) is 0 Å². The zero-order chi connectivity index (χ0) is 39.4. The lowest BCUT2D eigenvalue weighted by Crippen LogP contribution is -2.34. The number of fused-ring (bicyclic) bond motifs is 4. The molecule has 2 saturated carbocycles. The third kappa shape index (κ3) is 6.72. The SMILES string of the molecule is Cn1c(C(=O)Cc2cccc(-c3cccc(NC(=O)c4nc5c(n4C)CCN(CCC46CCC(C(=O)O)(CC4)C6)C5)c3Cl)c2C#N)nc2c1CCN(CCO)C2. The maximum atomic E-state index is 13.8. The second kappa shape index (κ2) is 14.9. The van der Waals surface area contributed by atoms with E-state index in [1.165, 1.54) is 0 Å². The Bertz CT molecular complexity index is 2280. The maximum Gasteiger partial charge on any atom is 0.309 e. The first kappa shape index (κ1) is 38.0. The summed E-state index contributed by atoms with van der Waals surface area (Å²) in [6, 6.07) is 12.9. The third-order valence-corrected chi connectivity index (χ3v) is 13.5. The van der Waals surface area contributed by atoms with Crippen LogP contribution in [0.3, 0.4) is 0 Å². The van der Waals surface area contributed by atoms with Gasteiger partial charge in [-0.15, -0.1) is 0 Å². The van der Waals surface area contributed by atoms with Gasteiger partial charge < -0.3 is 24.7 Å². The number of aliphatic carboxylic acids is 1. The first-order valence-electron chi connectivity index (χ1n) is 19.5. The number of aliphatic hydroxyl groups is 1. The quantitative estimate of drug-likeness (QED) is 0.164. The summed E-state index contributed by atoms with van der Waals surface area (Å²) in [6.07, 6.45) is 6.78. The minimum Gasteiger partial charge on any atom is -0.481 e. The summed E-state index contributed by atoms with van der Waals surface area (Å²) in [5.41, 5.74) is 5.69. The zero-order valence-corrected chi connectivity index (χ0v) is 32.7. The van der Waals surface area contributed by atoms with Crippen LogP contribution in [0.15, 0.2) is 36.4 Å². The van der Waals surface area contributed by atoms with Crippen molar-refractivity contribution in [3.05, 3.63) is 87.0 Å². The highest BCUT2D eigenvalue weighted by molar-refractivity contribution is 6.36. The van der Waals surface area contributed by atoms with E-state index in [1.54, 1.807) is 36.4 Å². The maximum absolute atomic E-state index is 13.8. The molecule has 0 spiro atoms. The second-order valence-corrected chi connectivity index (χ2v) is 16.6. The van der Waals surface area contributed by atoms with Gasteiger partial charge in [-0.1, -0.05) is 41.9 Å². The average Bonchev–Trinajstić information content (AvgIpc) is 3.95. The fraction of sp³-hybridized carbons (Fsp3) is 0.476. The van der Waals surface area contributed by atoms with Crippen molar-refractivity contribution in [1.82, 2.24) is 28.9 Å². The summed E-state index contributed by atoms with van der Waals surface area (Å²) in [4.78, 5) is 53.3. The molecule has 0 unspecified atom stereocenters. The Labute approximate surface area is 330 Å². The molecule has 8 rings (SSSR count). The van der Waals surface area contributed by atoms with Crippen molar-refractivity contribution >= 4 is 34.9 Å². The van der Waals surface area contributed by atoms with Gasteiger partial charge in [-0.3, -0.25) is 24.2 Å². The van der Waals surface area contributed by atoms with Gasteiger partial charge in [0, 0.05) is 88.6 Å². The second-order valence-electron chi connectivity index (χ2n) is 16.2. The van der Waals surface area contributed by atoms with Gasteiger partial charge in [0.2, 0.25) is 5.78 Å². The van der Waals surface area contributed by atoms with E-state index >= 15 is 0 Å². The smallest absolute Gasteiger partial charge is 0.309 e. The molecule has 2 aliphatic heterocycles. The molecule has 3 N–H and O–H groups in total. The van der Waals surface area contributed by atoms with Gasteiger partial charge in [0.25, 0.3) is 5.91 Å². The van der Waals surface area contributed by atoms with E-state index in [4.69, 9.17) is 16.6 Å². The molecule has 56 heavy (non-hydrogen) atoms. The number of amides is 1. The van der Waals surface area contributed by atoms with E-state index in [2.05, 4.69) is 26.2 Å². The third-order valence-electron chi connectivity index (χ3n) is 13.1. The molecular formula is C42H47ClN8O5. The number of anilines is 1. The molecule has 13 nitrogen and oxygen atoms in total. The predicted molar refractivity (Wildman–Crippen MR) is 209 cm³/mol. The molecule has 0 saturated heterocycles. The monoisotopic (exact) mass is 778 g/mol. The largest absolute Gasteiger partial charge is 0.481 e. The Morgan fingerprint density at radius 1 is 0.893 bits per heavy atom. The van der Waals surface area contributed by atoms with Crippen LogP contribution in [0.2, 0.25) is 5.02 Å². The van der Waals surface area contributed by atoms with Gasteiger partial charge in [0.1, 0.15) is 6.07 Å². The Morgan fingerprint density at radius 3 is 2.16 bits per heavy atom. The van der Waals surface area contributed by atoms with E-state index in [0.717, 1.165) is 93.8 Å². The fourth-order valence-electron chi connectivity index (χ4n) is 9.86. The van der Waals surface area contributed by atoms with Crippen LogP contribution >= 0.6 is 11.6 Å². The molecule has 292 valence electrons. The summed E-state index contributed by atoms with van der Waals surface area (Å²) >= 11 is 6.98. The van der Waals surface area contributed by atoms with Crippen LogP contribution in [0.1, 0.15) is 93.7 Å². The number of ketones is 1. The number of β-amino-alcohol motifs (C(OH)–C–C–N with tert-alkyl or cyclic N) is 1. The van der Waals surface area contributed by atoms with Crippen molar-refractivity contribution in [2.45, 2.75) is 70.9 Å². The number of benzene rings is 2. The summed E-state index contributed by atoms with van der Waals surface area (Å²) in [6.45, 7) is 4.33. The van der Waals surface area contributed by atoms with Gasteiger partial charge >= 0.3 is 5.97 Å². The number of carboxylic acid groups (broad SMARTS) is 1. The standard InChI is InChI=1S/C42H47ClN8O5/c1-48-33-10-17-51(19-20-52)24-31(33)45-37(48)35(53)21-26-5-3-6-27(29(26)22-44)28-7-4-8-30(36(28)43)47-39(54)38-46-32-23-50(16-9-34(32)49(38)2)18-15-41-11-13-42(25-41,14-12-41)40(55)56/h3-8,52H,9-21,23-25H2,1-2H3,(H,47,54)(H,55,56). The topological polar surface area (TPSA) is 170 Å². The molecule has 2 aliphatic carbocycles. The van der Waals surface area contributed by atoms with E-state index in [1.807, 2.05) is 23.2 Å². The lowest BCUT2D eigenvalue weighted by Gasteiger charge is -2.32.